The van der Waals surface area contributed by atoms with Crippen LogP contribution in [0.5, 0.6) is 5.75 Å². The summed E-state index contributed by atoms with van der Waals surface area (Å²) >= 11 is 0. The Morgan fingerprint density at radius 1 is 1.10 bits per heavy atom. The van der Waals surface area contributed by atoms with Gasteiger partial charge >= 0.3 is 18.1 Å². The first-order valence-electron chi connectivity index (χ1n) is 8.66. The second kappa shape index (κ2) is 9.33. The van der Waals surface area contributed by atoms with Crippen LogP contribution < -0.4 is 10.1 Å². The summed E-state index contributed by atoms with van der Waals surface area (Å²) in [6.07, 6.45) is -4.98. The fourth-order valence-electron chi connectivity index (χ4n) is 2.56. The van der Waals surface area contributed by atoms with Crippen molar-refractivity contribution in [3.8, 4) is 5.75 Å². The van der Waals surface area contributed by atoms with Crippen LogP contribution in [0, 0.1) is 5.82 Å². The average Bonchev–Trinajstić information content (AvgIpc) is 2.66. The summed E-state index contributed by atoms with van der Waals surface area (Å²) < 4.78 is 80.9. The molecule has 0 aromatic heterocycles. The summed E-state index contributed by atoms with van der Waals surface area (Å²) in [5.41, 5.74) is 0.470. The van der Waals surface area contributed by atoms with Gasteiger partial charge in [-0.2, -0.15) is 13.2 Å². The van der Waals surface area contributed by atoms with Crippen molar-refractivity contribution in [2.45, 2.75) is 35.4 Å². The minimum absolute atomic E-state index is 0.0202. The Morgan fingerprint density at radius 3 is 2.19 bits per heavy atom. The second-order valence-corrected chi connectivity index (χ2v) is 8.45. The quantitative estimate of drug-likeness (QED) is 0.583. The monoisotopic (exact) mass is 463 g/mol. The highest BCUT2D eigenvalue weighted by Crippen LogP contribution is 2.26. The summed E-state index contributed by atoms with van der Waals surface area (Å²) in [6.45, 7) is 0.567. The third kappa shape index (κ3) is 6.41. The summed E-state index contributed by atoms with van der Waals surface area (Å²) in [5, 5.41) is 10.3. The fourth-order valence-corrected chi connectivity index (χ4v) is 3.83. The Balaban J connectivity index is 2.13. The lowest BCUT2D eigenvalue weighted by atomic mass is 10.1. The number of hydrogen-bond donors (Lipinski definition) is 2. The number of benzene rings is 2. The highest BCUT2D eigenvalue weighted by atomic mass is 32.2. The average molecular weight is 463 g/mol. The standard InChI is InChI=1S/C19H17F4NO6S/c1-11(24-18(27)19(21,22)23)8-12-2-4-13(5-3-12)31(28,29)14-6-7-16(15(20)9-14)30-10-17(25)26/h2-7,9,11H,8,10H2,1H3,(H,24,27)(H,25,26)/t11-/m1/s1. The van der Waals surface area contributed by atoms with E-state index < -0.39 is 57.0 Å². The highest BCUT2D eigenvalue weighted by Gasteiger charge is 2.39. The molecule has 0 spiro atoms. The molecule has 0 heterocycles. The van der Waals surface area contributed by atoms with E-state index in [2.05, 4.69) is 0 Å². The van der Waals surface area contributed by atoms with E-state index in [0.29, 0.717) is 11.6 Å². The van der Waals surface area contributed by atoms with Crippen molar-refractivity contribution < 1.29 is 45.4 Å². The molecule has 0 saturated carbocycles. The van der Waals surface area contributed by atoms with Gasteiger partial charge in [0.1, 0.15) is 0 Å². The predicted octanol–water partition coefficient (Wildman–Crippen LogP) is 2.73. The van der Waals surface area contributed by atoms with Crippen molar-refractivity contribution in [3.63, 3.8) is 0 Å². The van der Waals surface area contributed by atoms with Crippen LogP contribution in [0.1, 0.15) is 12.5 Å². The van der Waals surface area contributed by atoms with Crippen molar-refractivity contribution in [1.82, 2.24) is 5.32 Å². The number of nitrogens with one attached hydrogen (secondary N) is 1. The largest absolute Gasteiger partial charge is 0.479 e. The minimum Gasteiger partial charge on any atom is -0.479 e. The van der Waals surface area contributed by atoms with Gasteiger partial charge in [-0.05, 0) is 49.2 Å². The number of aliphatic carboxylic acids is 1. The number of carboxylic acids is 1. The first kappa shape index (κ1) is 24.1. The zero-order valence-electron chi connectivity index (χ0n) is 15.9. The summed E-state index contributed by atoms with van der Waals surface area (Å²) in [7, 11) is -4.12. The molecule has 0 saturated heterocycles. The molecule has 2 N–H and O–H groups in total. The molecule has 2 aromatic carbocycles. The van der Waals surface area contributed by atoms with Crippen LogP contribution in [0.4, 0.5) is 17.6 Å². The molecule has 1 amide bonds. The molecular formula is C19H17F4NO6S. The van der Waals surface area contributed by atoms with E-state index in [1.807, 2.05) is 0 Å². The van der Waals surface area contributed by atoms with Gasteiger partial charge in [-0.25, -0.2) is 17.6 Å². The maximum Gasteiger partial charge on any atom is 0.471 e. The molecule has 0 radical (unpaired) electrons. The molecule has 0 aliphatic carbocycles. The minimum atomic E-state index is -5.00. The van der Waals surface area contributed by atoms with Gasteiger partial charge in [0.2, 0.25) is 9.84 Å². The number of sulfone groups is 1. The Kier molecular flexibility index (Phi) is 7.26. The molecule has 2 aromatic rings. The van der Waals surface area contributed by atoms with Gasteiger partial charge in [-0.1, -0.05) is 12.1 Å². The van der Waals surface area contributed by atoms with Crippen LogP contribution >= 0.6 is 0 Å². The Labute approximate surface area is 174 Å². The molecule has 0 fully saturated rings. The lowest BCUT2D eigenvalue weighted by Gasteiger charge is -2.15. The lowest BCUT2D eigenvalue weighted by Crippen LogP contribution is -2.42. The van der Waals surface area contributed by atoms with Gasteiger partial charge in [0.05, 0.1) is 9.79 Å². The third-order valence-electron chi connectivity index (χ3n) is 3.98. The van der Waals surface area contributed by atoms with Crippen LogP contribution in [-0.2, 0) is 25.8 Å². The molecule has 1 atom stereocenters. The van der Waals surface area contributed by atoms with Gasteiger partial charge < -0.3 is 15.2 Å². The van der Waals surface area contributed by atoms with E-state index in [9.17, 15) is 35.6 Å². The van der Waals surface area contributed by atoms with Crippen LogP contribution in [0.2, 0.25) is 0 Å². The normalized spacial score (nSPS) is 12.8. The van der Waals surface area contributed by atoms with Crippen LogP contribution in [0.25, 0.3) is 0 Å². The summed E-state index contributed by atoms with van der Waals surface area (Å²) in [5.74, 6) is -4.89. The fraction of sp³-hybridized carbons (Fsp3) is 0.263. The number of carbonyl (C=O) groups is 2. The van der Waals surface area contributed by atoms with Gasteiger partial charge in [-0.3, -0.25) is 4.79 Å². The molecule has 0 bridgehead atoms. The molecule has 0 aliphatic rings. The number of carbonyl (C=O) groups excluding carboxylic acids is 1. The van der Waals surface area contributed by atoms with Crippen LogP contribution in [0.3, 0.4) is 0 Å². The zero-order chi connectivity index (χ0) is 23.4. The maximum atomic E-state index is 14.0. The molecule has 0 unspecified atom stereocenters. The van der Waals surface area contributed by atoms with Gasteiger partial charge in [0.25, 0.3) is 0 Å². The molecule has 12 heteroatoms. The van der Waals surface area contributed by atoms with Gasteiger partial charge in [0, 0.05) is 6.04 Å². The Bertz CT molecular complexity index is 1070. The molecular weight excluding hydrogens is 446 g/mol. The molecule has 2 rings (SSSR count). The lowest BCUT2D eigenvalue weighted by molar-refractivity contribution is -0.174. The number of ether oxygens (including phenoxy) is 1. The van der Waals surface area contributed by atoms with E-state index >= 15 is 0 Å². The first-order chi connectivity index (χ1) is 14.3. The van der Waals surface area contributed by atoms with E-state index in [-0.39, 0.29) is 11.3 Å². The predicted molar refractivity (Wildman–Crippen MR) is 98.8 cm³/mol. The number of rotatable bonds is 8. The van der Waals surface area contributed by atoms with Gasteiger partial charge in [0.15, 0.2) is 18.2 Å². The first-order valence-corrected chi connectivity index (χ1v) is 10.1. The number of carboxylic acid groups (broad SMARTS) is 1. The number of halogens is 4. The highest BCUT2D eigenvalue weighted by molar-refractivity contribution is 7.91. The number of alkyl halides is 3. The summed E-state index contributed by atoms with van der Waals surface area (Å²) in [4.78, 5) is 20.8. The van der Waals surface area contributed by atoms with E-state index in [1.54, 1.807) is 5.32 Å². The molecule has 31 heavy (non-hydrogen) atoms. The summed E-state index contributed by atoms with van der Waals surface area (Å²) in [6, 6.07) is 7.01. The van der Waals surface area contributed by atoms with E-state index in [1.165, 1.54) is 31.2 Å². The van der Waals surface area contributed by atoms with E-state index in [4.69, 9.17) is 9.84 Å². The smallest absolute Gasteiger partial charge is 0.471 e. The number of hydrogen-bond acceptors (Lipinski definition) is 5. The van der Waals surface area contributed by atoms with Crippen molar-refractivity contribution in [2.24, 2.45) is 0 Å². The number of amides is 1. The van der Waals surface area contributed by atoms with Crippen molar-refractivity contribution in [2.75, 3.05) is 6.61 Å². The second-order valence-electron chi connectivity index (χ2n) is 6.50. The van der Waals surface area contributed by atoms with Crippen LogP contribution in [-0.4, -0.2) is 44.2 Å². The molecule has 7 nitrogen and oxygen atoms in total. The van der Waals surface area contributed by atoms with E-state index in [0.717, 1.165) is 12.1 Å². The molecule has 0 aliphatic heterocycles. The van der Waals surface area contributed by atoms with Crippen LogP contribution in [0.15, 0.2) is 52.3 Å². The topological polar surface area (TPSA) is 110 Å². The van der Waals surface area contributed by atoms with Crippen molar-refractivity contribution >= 4 is 21.7 Å². The van der Waals surface area contributed by atoms with Crippen molar-refractivity contribution in [3.05, 3.63) is 53.8 Å². The SMILES string of the molecule is C[C@H](Cc1ccc(S(=O)(=O)c2ccc(OCC(=O)O)c(F)c2)cc1)NC(=O)C(F)(F)F. The Hall–Kier alpha value is -3.15. The van der Waals surface area contributed by atoms with Crippen molar-refractivity contribution in [1.29, 1.82) is 0 Å². The third-order valence-corrected chi connectivity index (χ3v) is 5.74. The Morgan fingerprint density at radius 2 is 1.68 bits per heavy atom. The maximum absolute atomic E-state index is 14.0. The zero-order valence-corrected chi connectivity index (χ0v) is 16.8. The molecule has 168 valence electrons. The van der Waals surface area contributed by atoms with Gasteiger partial charge in [-0.15, -0.1) is 0 Å².